The first-order valence-electron chi connectivity index (χ1n) is 5.68. The second-order valence-corrected chi connectivity index (χ2v) is 6.94. The second kappa shape index (κ2) is 3.62. The summed E-state index contributed by atoms with van der Waals surface area (Å²) >= 11 is 0. The quantitative estimate of drug-likeness (QED) is 0.617. The minimum absolute atomic E-state index is 0.596. The molecule has 2 aliphatic rings. The van der Waals surface area contributed by atoms with Crippen LogP contribution in [-0.2, 0) is 10.9 Å². The topological polar surface area (TPSA) is 0 Å². The minimum Gasteiger partial charge on any atom is -0.0619 e. The third-order valence-electron chi connectivity index (χ3n) is 3.69. The maximum atomic E-state index is 2.34. The Morgan fingerprint density at radius 2 is 1.86 bits per heavy atom. The molecule has 1 aromatic rings. The predicted molar refractivity (Wildman–Crippen MR) is 62.7 cm³/mol. The fraction of sp³-hybridized carbons (Fsp3) is 0.538. The van der Waals surface area contributed by atoms with Crippen LogP contribution in [0.15, 0.2) is 35.2 Å². The molecule has 0 spiro atoms. The predicted octanol–water partition coefficient (Wildman–Crippen LogP) is 3.24. The number of rotatable bonds is 1. The average Bonchev–Trinajstić information content (AvgIpc) is 2.62. The van der Waals surface area contributed by atoms with Gasteiger partial charge in [0.15, 0.2) is 4.90 Å². The Hall–Kier alpha value is -0.430. The summed E-state index contributed by atoms with van der Waals surface area (Å²) < 4.78 is 0. The van der Waals surface area contributed by atoms with E-state index in [-0.39, 0.29) is 0 Å². The Morgan fingerprint density at radius 1 is 1.00 bits per heavy atom. The van der Waals surface area contributed by atoms with Crippen LogP contribution in [0.5, 0.6) is 0 Å². The zero-order valence-corrected chi connectivity index (χ0v) is 9.30. The van der Waals surface area contributed by atoms with Crippen molar-refractivity contribution in [1.29, 1.82) is 0 Å². The molecule has 1 heteroatoms. The molecule has 1 aliphatic heterocycles. The summed E-state index contributed by atoms with van der Waals surface area (Å²) in [6.45, 7) is 0. The van der Waals surface area contributed by atoms with E-state index in [9.17, 15) is 0 Å². The monoisotopic (exact) mass is 205 g/mol. The van der Waals surface area contributed by atoms with Crippen molar-refractivity contribution in [2.24, 2.45) is 5.92 Å². The van der Waals surface area contributed by atoms with Crippen LogP contribution < -0.4 is 0 Å². The molecule has 3 atom stereocenters. The molecule has 1 heterocycles. The highest BCUT2D eigenvalue weighted by atomic mass is 32.2. The number of hydrogen-bond acceptors (Lipinski definition) is 0. The summed E-state index contributed by atoms with van der Waals surface area (Å²) in [7, 11) is 0.596. The van der Waals surface area contributed by atoms with Gasteiger partial charge in [-0.05, 0) is 43.7 Å². The van der Waals surface area contributed by atoms with E-state index in [1.165, 1.54) is 31.4 Å². The molecule has 1 saturated carbocycles. The summed E-state index contributed by atoms with van der Waals surface area (Å²) in [4.78, 5) is 1.62. The Balaban J connectivity index is 1.85. The Labute approximate surface area is 89.1 Å². The third-order valence-corrected chi connectivity index (χ3v) is 6.47. The largest absolute Gasteiger partial charge is 0.155 e. The average molecular weight is 205 g/mol. The third kappa shape index (κ3) is 1.48. The van der Waals surface area contributed by atoms with Crippen molar-refractivity contribution in [2.75, 3.05) is 5.75 Å². The molecule has 0 amide bonds. The van der Waals surface area contributed by atoms with Gasteiger partial charge < -0.3 is 0 Å². The van der Waals surface area contributed by atoms with Gasteiger partial charge in [0.25, 0.3) is 0 Å². The molecule has 2 fully saturated rings. The molecule has 1 aliphatic carbocycles. The van der Waals surface area contributed by atoms with Crippen LogP contribution in [0, 0.1) is 5.92 Å². The molecule has 0 radical (unpaired) electrons. The van der Waals surface area contributed by atoms with Gasteiger partial charge in [-0.1, -0.05) is 18.2 Å². The summed E-state index contributed by atoms with van der Waals surface area (Å²) in [5.41, 5.74) is 0. The lowest BCUT2D eigenvalue weighted by Crippen LogP contribution is -2.27. The molecule has 14 heavy (non-hydrogen) atoms. The standard InChI is InChI=1S/C13H17S/c1-2-4-12(5-3-1)14-9-8-11-6-7-13(14)10-11/h1-5,11,13H,6-10H2/q+1. The first-order valence-corrected chi connectivity index (χ1v) is 7.14. The van der Waals surface area contributed by atoms with Gasteiger partial charge in [0.2, 0.25) is 0 Å². The molecule has 1 saturated heterocycles. The molecule has 3 unspecified atom stereocenters. The van der Waals surface area contributed by atoms with Crippen molar-refractivity contribution in [1.82, 2.24) is 0 Å². The molecular formula is C13H17S+. The van der Waals surface area contributed by atoms with Crippen LogP contribution in [0.1, 0.15) is 25.7 Å². The van der Waals surface area contributed by atoms with E-state index in [4.69, 9.17) is 0 Å². The van der Waals surface area contributed by atoms with Crippen LogP contribution in [0.2, 0.25) is 0 Å². The van der Waals surface area contributed by atoms with Crippen molar-refractivity contribution in [2.45, 2.75) is 35.8 Å². The summed E-state index contributed by atoms with van der Waals surface area (Å²) in [5.74, 6) is 2.56. The molecule has 1 aromatic carbocycles. The summed E-state index contributed by atoms with van der Waals surface area (Å²) in [6.07, 6.45) is 6.04. The van der Waals surface area contributed by atoms with Gasteiger partial charge >= 0.3 is 0 Å². The first-order chi connectivity index (χ1) is 6.93. The van der Waals surface area contributed by atoms with Crippen LogP contribution in [0.3, 0.4) is 0 Å². The Morgan fingerprint density at radius 3 is 2.71 bits per heavy atom. The normalized spacial score (nSPS) is 35.9. The van der Waals surface area contributed by atoms with Gasteiger partial charge in [0.1, 0.15) is 11.0 Å². The maximum Gasteiger partial charge on any atom is 0.155 e. The molecule has 0 N–H and O–H groups in total. The van der Waals surface area contributed by atoms with Crippen molar-refractivity contribution < 1.29 is 0 Å². The van der Waals surface area contributed by atoms with Crippen molar-refractivity contribution in [3.8, 4) is 0 Å². The molecule has 74 valence electrons. The van der Waals surface area contributed by atoms with Gasteiger partial charge in [0, 0.05) is 10.9 Å². The van der Waals surface area contributed by atoms with E-state index < -0.39 is 0 Å². The number of benzene rings is 1. The van der Waals surface area contributed by atoms with Crippen molar-refractivity contribution in [3.05, 3.63) is 30.3 Å². The highest BCUT2D eigenvalue weighted by Gasteiger charge is 2.43. The van der Waals surface area contributed by atoms with Crippen LogP contribution in [-0.4, -0.2) is 11.0 Å². The van der Waals surface area contributed by atoms with Crippen molar-refractivity contribution >= 4 is 10.9 Å². The van der Waals surface area contributed by atoms with Gasteiger partial charge in [0.05, 0.1) is 0 Å². The van der Waals surface area contributed by atoms with Gasteiger partial charge in [-0.25, -0.2) is 0 Å². The van der Waals surface area contributed by atoms with E-state index >= 15 is 0 Å². The molecule has 3 rings (SSSR count). The van der Waals surface area contributed by atoms with E-state index in [1.807, 2.05) is 0 Å². The maximum absolute atomic E-state index is 2.34. The summed E-state index contributed by atoms with van der Waals surface area (Å²) in [6, 6.07) is 11.2. The SMILES string of the molecule is c1ccc([S+]2CCC3CCC2C3)cc1. The fourth-order valence-corrected chi connectivity index (χ4v) is 5.89. The number of hydrogen-bond donors (Lipinski definition) is 0. The van der Waals surface area contributed by atoms with E-state index in [0.717, 1.165) is 11.2 Å². The lowest BCUT2D eigenvalue weighted by atomic mass is 10.1. The smallest absolute Gasteiger partial charge is 0.0619 e. The van der Waals surface area contributed by atoms with Gasteiger partial charge in [-0.3, -0.25) is 0 Å². The highest BCUT2D eigenvalue weighted by molar-refractivity contribution is 7.97. The van der Waals surface area contributed by atoms with E-state index in [2.05, 4.69) is 30.3 Å². The van der Waals surface area contributed by atoms with Gasteiger partial charge in [-0.15, -0.1) is 0 Å². The number of fused-ring (bicyclic) bond motifs is 2. The molecule has 0 aromatic heterocycles. The minimum atomic E-state index is 0.596. The zero-order chi connectivity index (χ0) is 9.38. The van der Waals surface area contributed by atoms with Crippen LogP contribution >= 0.6 is 0 Å². The summed E-state index contributed by atoms with van der Waals surface area (Å²) in [5, 5.41) is 1.04. The van der Waals surface area contributed by atoms with E-state index in [1.54, 1.807) is 4.90 Å². The zero-order valence-electron chi connectivity index (χ0n) is 8.49. The van der Waals surface area contributed by atoms with E-state index in [0.29, 0.717) is 10.9 Å². The lowest BCUT2D eigenvalue weighted by molar-refractivity contribution is 0.526. The Kier molecular flexibility index (Phi) is 2.28. The second-order valence-electron chi connectivity index (χ2n) is 4.54. The fourth-order valence-electron chi connectivity index (χ4n) is 2.92. The van der Waals surface area contributed by atoms with Crippen LogP contribution in [0.25, 0.3) is 0 Å². The van der Waals surface area contributed by atoms with Gasteiger partial charge in [-0.2, -0.15) is 0 Å². The molecule has 0 nitrogen and oxygen atoms in total. The molecule has 2 bridgehead atoms. The first kappa shape index (κ1) is 8.84. The van der Waals surface area contributed by atoms with Crippen molar-refractivity contribution in [3.63, 3.8) is 0 Å². The Bertz CT molecular complexity index is 306. The van der Waals surface area contributed by atoms with Crippen LogP contribution in [0.4, 0.5) is 0 Å². The lowest BCUT2D eigenvalue weighted by Gasteiger charge is -2.20. The highest BCUT2D eigenvalue weighted by Crippen LogP contribution is 2.41. The molecular weight excluding hydrogens is 188 g/mol.